The van der Waals surface area contributed by atoms with Crippen LogP contribution in [0.1, 0.15) is 37.3 Å². The quantitative estimate of drug-likeness (QED) is 0.815. The minimum Gasteiger partial charge on any atom is -0.396 e. The second-order valence-electron chi connectivity index (χ2n) is 5.08. The Bertz CT molecular complexity index is 404. The SMILES string of the molecule is N[C@H](C(=O)N(CCCO)C1CCC1)c1ccccc1. The molecule has 0 aromatic heterocycles. The first-order valence-corrected chi connectivity index (χ1v) is 6.96. The lowest BCUT2D eigenvalue weighted by molar-refractivity contribution is -0.137. The highest BCUT2D eigenvalue weighted by molar-refractivity contribution is 5.83. The topological polar surface area (TPSA) is 66.6 Å². The molecule has 1 saturated carbocycles. The first-order chi connectivity index (χ1) is 9.24. The minimum atomic E-state index is -0.597. The summed E-state index contributed by atoms with van der Waals surface area (Å²) < 4.78 is 0. The number of rotatable bonds is 6. The predicted molar refractivity (Wildman–Crippen MR) is 74.4 cm³/mol. The number of hydrogen-bond acceptors (Lipinski definition) is 3. The van der Waals surface area contributed by atoms with Crippen LogP contribution in [0, 0.1) is 0 Å². The van der Waals surface area contributed by atoms with Crippen LogP contribution in [0.25, 0.3) is 0 Å². The van der Waals surface area contributed by atoms with E-state index in [4.69, 9.17) is 10.8 Å². The van der Waals surface area contributed by atoms with Gasteiger partial charge in [-0.3, -0.25) is 4.79 Å². The number of nitrogens with two attached hydrogens (primary N) is 1. The van der Waals surface area contributed by atoms with Gasteiger partial charge in [0.2, 0.25) is 5.91 Å². The molecule has 1 atom stereocenters. The third kappa shape index (κ3) is 3.33. The van der Waals surface area contributed by atoms with Gasteiger partial charge in [-0.1, -0.05) is 30.3 Å². The van der Waals surface area contributed by atoms with Crippen molar-refractivity contribution in [2.45, 2.75) is 37.8 Å². The molecule has 104 valence electrons. The van der Waals surface area contributed by atoms with Gasteiger partial charge in [0.15, 0.2) is 0 Å². The third-order valence-corrected chi connectivity index (χ3v) is 3.78. The van der Waals surface area contributed by atoms with E-state index in [0.717, 1.165) is 18.4 Å². The molecule has 0 unspecified atom stereocenters. The van der Waals surface area contributed by atoms with Crippen molar-refractivity contribution in [1.82, 2.24) is 4.90 Å². The smallest absolute Gasteiger partial charge is 0.244 e. The summed E-state index contributed by atoms with van der Waals surface area (Å²) in [6.45, 7) is 0.706. The van der Waals surface area contributed by atoms with Gasteiger partial charge in [-0.25, -0.2) is 0 Å². The zero-order valence-electron chi connectivity index (χ0n) is 11.2. The molecule has 0 heterocycles. The maximum absolute atomic E-state index is 12.5. The average Bonchev–Trinajstić information content (AvgIpc) is 2.40. The van der Waals surface area contributed by atoms with Gasteiger partial charge in [-0.05, 0) is 31.2 Å². The van der Waals surface area contributed by atoms with Crippen molar-refractivity contribution in [3.05, 3.63) is 35.9 Å². The van der Waals surface area contributed by atoms with Crippen LogP contribution in [-0.2, 0) is 4.79 Å². The Morgan fingerprint density at radius 1 is 1.37 bits per heavy atom. The lowest BCUT2D eigenvalue weighted by Gasteiger charge is -2.39. The molecule has 1 aliphatic rings. The molecule has 3 N–H and O–H groups in total. The standard InChI is InChI=1S/C15H22N2O2/c16-14(12-6-2-1-3-7-12)15(19)17(10-5-11-18)13-8-4-9-13/h1-3,6-7,13-14,18H,4-5,8-11,16H2/t14-/m0/s1. The molecule has 1 aliphatic carbocycles. The Balaban J connectivity index is 2.05. The summed E-state index contributed by atoms with van der Waals surface area (Å²) in [6, 6.07) is 9.18. The number of hydrogen-bond donors (Lipinski definition) is 2. The second-order valence-corrected chi connectivity index (χ2v) is 5.08. The number of amides is 1. The van der Waals surface area contributed by atoms with Gasteiger partial charge < -0.3 is 15.7 Å². The summed E-state index contributed by atoms with van der Waals surface area (Å²) >= 11 is 0. The summed E-state index contributed by atoms with van der Waals surface area (Å²) in [5.74, 6) is -0.0237. The van der Waals surface area contributed by atoms with E-state index < -0.39 is 6.04 Å². The minimum absolute atomic E-state index is 0.0237. The molecular weight excluding hydrogens is 240 g/mol. The Morgan fingerprint density at radius 2 is 2.05 bits per heavy atom. The van der Waals surface area contributed by atoms with E-state index in [2.05, 4.69) is 0 Å². The van der Waals surface area contributed by atoms with Crippen molar-refractivity contribution in [2.75, 3.05) is 13.2 Å². The van der Waals surface area contributed by atoms with E-state index in [1.165, 1.54) is 6.42 Å². The average molecular weight is 262 g/mol. The van der Waals surface area contributed by atoms with Crippen molar-refractivity contribution in [2.24, 2.45) is 5.73 Å². The van der Waals surface area contributed by atoms with Crippen molar-refractivity contribution < 1.29 is 9.90 Å². The van der Waals surface area contributed by atoms with Gasteiger partial charge in [0.1, 0.15) is 6.04 Å². The Hall–Kier alpha value is -1.39. The molecule has 0 spiro atoms. The molecule has 1 aromatic carbocycles. The first-order valence-electron chi connectivity index (χ1n) is 6.96. The number of benzene rings is 1. The van der Waals surface area contributed by atoms with E-state index >= 15 is 0 Å². The largest absolute Gasteiger partial charge is 0.396 e. The number of carbonyl (C=O) groups excluding carboxylic acids is 1. The summed E-state index contributed by atoms with van der Waals surface area (Å²) in [7, 11) is 0. The molecule has 0 saturated heterocycles. The molecule has 1 aromatic rings. The molecule has 0 aliphatic heterocycles. The lowest BCUT2D eigenvalue weighted by atomic mass is 9.90. The molecule has 1 fully saturated rings. The highest BCUT2D eigenvalue weighted by Crippen LogP contribution is 2.27. The van der Waals surface area contributed by atoms with Crippen molar-refractivity contribution >= 4 is 5.91 Å². The Kier molecular flexibility index (Phi) is 4.93. The second kappa shape index (κ2) is 6.68. The fourth-order valence-electron chi connectivity index (χ4n) is 2.39. The van der Waals surface area contributed by atoms with Crippen molar-refractivity contribution in [3.63, 3.8) is 0 Å². The van der Waals surface area contributed by atoms with Gasteiger partial charge in [0, 0.05) is 19.2 Å². The fraction of sp³-hybridized carbons (Fsp3) is 0.533. The molecule has 2 rings (SSSR count). The lowest BCUT2D eigenvalue weighted by Crippen LogP contribution is -2.48. The van der Waals surface area contributed by atoms with E-state index in [0.29, 0.717) is 19.0 Å². The van der Waals surface area contributed by atoms with Crippen LogP contribution >= 0.6 is 0 Å². The van der Waals surface area contributed by atoms with Crippen LogP contribution in [-0.4, -0.2) is 35.1 Å². The first kappa shape index (κ1) is 14.0. The van der Waals surface area contributed by atoms with Gasteiger partial charge in [0.25, 0.3) is 0 Å². The van der Waals surface area contributed by atoms with Crippen molar-refractivity contribution in [3.8, 4) is 0 Å². The van der Waals surface area contributed by atoms with Crippen LogP contribution in [0.5, 0.6) is 0 Å². The molecule has 4 heteroatoms. The zero-order valence-corrected chi connectivity index (χ0v) is 11.2. The molecule has 0 radical (unpaired) electrons. The molecular formula is C15H22N2O2. The fourth-order valence-corrected chi connectivity index (χ4v) is 2.39. The van der Waals surface area contributed by atoms with Gasteiger partial charge in [0.05, 0.1) is 0 Å². The summed E-state index contributed by atoms with van der Waals surface area (Å²) in [4.78, 5) is 14.4. The highest BCUT2D eigenvalue weighted by Gasteiger charge is 2.31. The monoisotopic (exact) mass is 262 g/mol. The van der Waals surface area contributed by atoms with E-state index in [1.54, 1.807) is 0 Å². The maximum atomic E-state index is 12.5. The summed E-state index contributed by atoms with van der Waals surface area (Å²) in [5, 5.41) is 8.96. The van der Waals surface area contributed by atoms with Crippen LogP contribution in [0.15, 0.2) is 30.3 Å². The molecule has 19 heavy (non-hydrogen) atoms. The van der Waals surface area contributed by atoms with Gasteiger partial charge >= 0.3 is 0 Å². The maximum Gasteiger partial charge on any atom is 0.244 e. The highest BCUT2D eigenvalue weighted by atomic mass is 16.3. The summed E-state index contributed by atoms with van der Waals surface area (Å²) in [5.41, 5.74) is 6.92. The van der Waals surface area contributed by atoms with Gasteiger partial charge in [-0.15, -0.1) is 0 Å². The molecule has 4 nitrogen and oxygen atoms in total. The van der Waals surface area contributed by atoms with E-state index in [9.17, 15) is 4.79 Å². The van der Waals surface area contributed by atoms with Crippen LogP contribution < -0.4 is 5.73 Å². The van der Waals surface area contributed by atoms with Crippen LogP contribution in [0.4, 0.5) is 0 Å². The normalized spacial score (nSPS) is 16.7. The zero-order chi connectivity index (χ0) is 13.7. The molecule has 1 amide bonds. The number of aliphatic hydroxyl groups excluding tert-OH is 1. The van der Waals surface area contributed by atoms with E-state index in [-0.39, 0.29) is 12.5 Å². The van der Waals surface area contributed by atoms with Gasteiger partial charge in [-0.2, -0.15) is 0 Å². The Labute approximate surface area is 114 Å². The number of aliphatic hydroxyl groups is 1. The van der Waals surface area contributed by atoms with E-state index in [1.807, 2.05) is 35.2 Å². The summed E-state index contributed by atoms with van der Waals surface area (Å²) in [6.07, 6.45) is 3.90. The molecule has 0 bridgehead atoms. The van der Waals surface area contributed by atoms with Crippen LogP contribution in [0.2, 0.25) is 0 Å². The predicted octanol–water partition coefficient (Wildman–Crippen LogP) is 1.45. The number of carbonyl (C=O) groups is 1. The van der Waals surface area contributed by atoms with Crippen molar-refractivity contribution in [1.29, 1.82) is 0 Å². The number of nitrogens with zero attached hydrogens (tertiary/aromatic N) is 1. The van der Waals surface area contributed by atoms with Crippen LogP contribution in [0.3, 0.4) is 0 Å². The Morgan fingerprint density at radius 3 is 2.58 bits per heavy atom. The third-order valence-electron chi connectivity index (χ3n) is 3.78.